The Kier molecular flexibility index (Phi) is 9.92. The number of nitrogens with zero attached hydrogens (tertiary/aromatic N) is 3. The van der Waals surface area contributed by atoms with Gasteiger partial charge in [-0.05, 0) is 49.1 Å². The number of fused-ring (bicyclic) bond motifs is 3. The highest BCUT2D eigenvalue weighted by molar-refractivity contribution is 8.57. The molecule has 0 saturated carbocycles. The Morgan fingerprint density at radius 3 is 2.31 bits per heavy atom. The van der Waals surface area contributed by atoms with Crippen molar-refractivity contribution in [2.24, 2.45) is 0 Å². The summed E-state index contributed by atoms with van der Waals surface area (Å²) >= 11 is 1.67. The fraction of sp³-hybridized carbons (Fsp3) is 0.400. The monoisotopic (exact) mass is 470 g/mol. The van der Waals surface area contributed by atoms with Gasteiger partial charge in [-0.15, -0.1) is 5.10 Å². The van der Waals surface area contributed by atoms with E-state index in [1.54, 1.807) is 15.9 Å². The summed E-state index contributed by atoms with van der Waals surface area (Å²) in [5.41, 5.74) is 3.47. The molecule has 1 N–H and O–H groups in total. The lowest BCUT2D eigenvalue weighted by atomic mass is 10.0. The van der Waals surface area contributed by atoms with Gasteiger partial charge in [-0.1, -0.05) is 95.7 Å². The summed E-state index contributed by atoms with van der Waals surface area (Å²) in [6.07, 6.45) is 1.25. The molecule has 0 aliphatic rings. The van der Waals surface area contributed by atoms with E-state index in [4.69, 9.17) is 0 Å². The number of nitrogens with one attached hydrogen (secondary N) is 1. The number of aromatic nitrogens is 4. The Labute approximate surface area is 196 Å². The molecule has 4 aromatic rings. The van der Waals surface area contributed by atoms with E-state index >= 15 is 0 Å². The predicted octanol–water partition coefficient (Wildman–Crippen LogP) is 6.89. The summed E-state index contributed by atoms with van der Waals surface area (Å²) < 4.78 is 1.80. The molecule has 1 atom stereocenters. The Morgan fingerprint density at radius 2 is 1.72 bits per heavy atom. The molecule has 5 nitrogen and oxygen atoms in total. The van der Waals surface area contributed by atoms with E-state index in [1.807, 2.05) is 39.0 Å². The molecule has 2 heterocycles. The number of H-pyrrole nitrogens is 1. The largest absolute Gasteiger partial charge is 0.281 e. The molecule has 172 valence electrons. The average Bonchev–Trinajstić information content (AvgIpc) is 3.18. The van der Waals surface area contributed by atoms with Crippen molar-refractivity contribution in [2.45, 2.75) is 65.8 Å². The van der Waals surface area contributed by atoms with Crippen LogP contribution < -0.4 is 10.9 Å². The fourth-order valence-corrected chi connectivity index (χ4v) is 6.20. The summed E-state index contributed by atoms with van der Waals surface area (Å²) in [6, 6.07) is 14.6. The first-order valence-electron chi connectivity index (χ1n) is 11.2. The minimum absolute atomic E-state index is 0.201. The van der Waals surface area contributed by atoms with Crippen molar-refractivity contribution in [1.82, 2.24) is 19.8 Å². The fourth-order valence-electron chi connectivity index (χ4n) is 3.14. The van der Waals surface area contributed by atoms with E-state index in [0.717, 1.165) is 16.1 Å². The summed E-state index contributed by atoms with van der Waals surface area (Å²) in [5, 5.41) is 10.2. The number of benzene rings is 2. The van der Waals surface area contributed by atoms with E-state index in [1.165, 1.54) is 17.3 Å². The summed E-state index contributed by atoms with van der Waals surface area (Å²) in [5.74, 6) is 0.526. The van der Waals surface area contributed by atoms with Crippen LogP contribution in [0.5, 0.6) is 0 Å². The predicted molar refractivity (Wildman–Crippen MR) is 142 cm³/mol. The van der Waals surface area contributed by atoms with Crippen LogP contribution in [-0.4, -0.2) is 26.5 Å². The smallest absolute Gasteiger partial charge is 0.267 e. The van der Waals surface area contributed by atoms with Crippen molar-refractivity contribution in [3.8, 4) is 0 Å². The van der Waals surface area contributed by atoms with Crippen LogP contribution in [0.25, 0.3) is 16.6 Å². The standard InChI is InChI=1S/C20H21N4OPS.C3H8.C2H6/c1-12(2)14-8-10-15(11-9-14)26(4)27-20-18-21-19(25)17-13(3)6-5-7-16(17)24(18)23-22-20;1-3-2;1-2/h5-12,23H,1-4H3;3H2,1-2H3;1-2H3. The second-order valence-electron chi connectivity index (χ2n) is 7.60. The molecule has 0 aliphatic carbocycles. The third kappa shape index (κ3) is 5.79. The van der Waals surface area contributed by atoms with Crippen molar-refractivity contribution in [3.05, 3.63) is 63.9 Å². The molecular formula is C25H35N4OPS. The number of hydrogen-bond acceptors (Lipinski definition) is 4. The zero-order valence-electron chi connectivity index (χ0n) is 20.4. The number of rotatable bonds is 4. The van der Waals surface area contributed by atoms with E-state index < -0.39 is 7.12 Å². The van der Waals surface area contributed by atoms with Gasteiger partial charge < -0.3 is 0 Å². The maximum absolute atomic E-state index is 12.6. The van der Waals surface area contributed by atoms with Gasteiger partial charge in [-0.3, -0.25) is 4.79 Å². The van der Waals surface area contributed by atoms with Crippen LogP contribution in [0.4, 0.5) is 0 Å². The van der Waals surface area contributed by atoms with Crippen LogP contribution in [0, 0.1) is 6.92 Å². The van der Waals surface area contributed by atoms with Crippen molar-refractivity contribution in [1.29, 1.82) is 0 Å². The second kappa shape index (κ2) is 12.2. The molecule has 1 unspecified atom stereocenters. The van der Waals surface area contributed by atoms with Crippen LogP contribution in [0.2, 0.25) is 0 Å². The van der Waals surface area contributed by atoms with Crippen LogP contribution in [-0.2, 0) is 0 Å². The first-order chi connectivity index (χ1) is 15.4. The first kappa shape index (κ1) is 26.1. The molecule has 0 amide bonds. The van der Waals surface area contributed by atoms with E-state index in [-0.39, 0.29) is 5.56 Å². The molecule has 0 radical (unpaired) electrons. The van der Waals surface area contributed by atoms with Crippen LogP contribution in [0.3, 0.4) is 0 Å². The molecule has 0 spiro atoms. The Balaban J connectivity index is 0.000000671. The molecule has 0 fully saturated rings. The van der Waals surface area contributed by atoms with Crippen molar-refractivity contribution >= 4 is 40.4 Å². The third-order valence-electron chi connectivity index (χ3n) is 4.71. The zero-order chi connectivity index (χ0) is 23.8. The highest BCUT2D eigenvalue weighted by Crippen LogP contribution is 2.50. The maximum Gasteiger partial charge on any atom is 0.281 e. The van der Waals surface area contributed by atoms with Crippen molar-refractivity contribution in [2.75, 3.05) is 6.66 Å². The lowest BCUT2D eigenvalue weighted by Crippen LogP contribution is -2.11. The van der Waals surface area contributed by atoms with Crippen LogP contribution in [0.1, 0.15) is 65.0 Å². The Hall–Kier alpha value is -2.17. The van der Waals surface area contributed by atoms with Crippen molar-refractivity contribution < 1.29 is 0 Å². The lowest BCUT2D eigenvalue weighted by molar-refractivity contribution is 0.857. The molecule has 2 aromatic heterocycles. The summed E-state index contributed by atoms with van der Waals surface area (Å²) in [6.45, 7) is 16.8. The quantitative estimate of drug-likeness (QED) is 0.330. The highest BCUT2D eigenvalue weighted by Gasteiger charge is 2.17. The second-order valence-corrected chi connectivity index (χ2v) is 11.9. The van der Waals surface area contributed by atoms with Crippen molar-refractivity contribution in [3.63, 3.8) is 0 Å². The van der Waals surface area contributed by atoms with Gasteiger partial charge in [-0.25, -0.2) is 9.73 Å². The van der Waals surface area contributed by atoms with Crippen LogP contribution in [0.15, 0.2) is 52.3 Å². The minimum atomic E-state index is -0.511. The van der Waals surface area contributed by atoms with Gasteiger partial charge in [0.25, 0.3) is 5.56 Å². The average molecular weight is 471 g/mol. The Bertz CT molecular complexity index is 1200. The normalized spacial score (nSPS) is 11.7. The van der Waals surface area contributed by atoms with Gasteiger partial charge >= 0.3 is 0 Å². The topological polar surface area (TPSA) is 63.0 Å². The zero-order valence-corrected chi connectivity index (χ0v) is 22.1. The van der Waals surface area contributed by atoms with E-state index in [0.29, 0.717) is 17.0 Å². The molecule has 0 bridgehead atoms. The van der Waals surface area contributed by atoms with Gasteiger partial charge in [0.15, 0.2) is 10.7 Å². The summed E-state index contributed by atoms with van der Waals surface area (Å²) in [7, 11) is -0.511. The first-order valence-corrected chi connectivity index (χ1v) is 14.5. The molecule has 32 heavy (non-hydrogen) atoms. The molecule has 4 rings (SSSR count). The van der Waals surface area contributed by atoms with Gasteiger partial charge in [0.1, 0.15) is 0 Å². The lowest BCUT2D eigenvalue weighted by Gasteiger charge is -2.12. The summed E-state index contributed by atoms with van der Waals surface area (Å²) in [4.78, 5) is 16.9. The maximum atomic E-state index is 12.6. The van der Waals surface area contributed by atoms with Crippen LogP contribution >= 0.6 is 18.5 Å². The number of aromatic amines is 1. The highest BCUT2D eigenvalue weighted by atomic mass is 32.7. The number of aryl methyl sites for hydroxylation is 1. The SMILES string of the molecule is CC.CCC.Cc1cccc2c1c(=O)nc1c(SP(C)c3ccc(C(C)C)cc3)n[nH]n12. The van der Waals surface area contributed by atoms with Gasteiger partial charge in [-0.2, -0.15) is 4.98 Å². The Morgan fingerprint density at radius 1 is 1.09 bits per heavy atom. The van der Waals surface area contributed by atoms with E-state index in [9.17, 15) is 4.79 Å². The molecule has 7 heteroatoms. The third-order valence-corrected chi connectivity index (χ3v) is 8.43. The number of hydrogen-bond donors (Lipinski definition) is 1. The molecule has 0 aliphatic heterocycles. The molecular weight excluding hydrogens is 435 g/mol. The van der Waals surface area contributed by atoms with E-state index in [2.05, 4.69) is 73.9 Å². The van der Waals surface area contributed by atoms with Gasteiger partial charge in [0, 0.05) is 0 Å². The van der Waals surface area contributed by atoms with Gasteiger partial charge in [0.05, 0.1) is 10.9 Å². The van der Waals surface area contributed by atoms with Gasteiger partial charge in [0.2, 0.25) is 0 Å². The minimum Gasteiger partial charge on any atom is -0.267 e. The molecule has 2 aromatic carbocycles. The molecule has 0 saturated heterocycles.